The Bertz CT molecular complexity index is 908. The third kappa shape index (κ3) is 3.59. The lowest BCUT2D eigenvalue weighted by Crippen LogP contribution is -2.35. The number of fused-ring (bicyclic) bond motifs is 1. The minimum absolute atomic E-state index is 0.130. The van der Waals surface area contributed by atoms with Crippen LogP contribution in [0.5, 0.6) is 0 Å². The molecule has 0 bridgehead atoms. The number of aryl methyl sites for hydroxylation is 2. The van der Waals surface area contributed by atoms with Crippen LogP contribution < -0.4 is 4.90 Å². The van der Waals surface area contributed by atoms with E-state index in [1.807, 2.05) is 17.9 Å². The zero-order chi connectivity index (χ0) is 19.5. The van der Waals surface area contributed by atoms with Gasteiger partial charge in [0.2, 0.25) is 0 Å². The van der Waals surface area contributed by atoms with E-state index in [2.05, 4.69) is 44.9 Å². The van der Waals surface area contributed by atoms with Gasteiger partial charge in [-0.2, -0.15) is 10.2 Å². The van der Waals surface area contributed by atoms with Crippen molar-refractivity contribution < 1.29 is 4.79 Å². The fraction of sp³-hybridized carbons (Fsp3) is 0.409. The van der Waals surface area contributed by atoms with E-state index in [0.717, 1.165) is 68.1 Å². The summed E-state index contributed by atoms with van der Waals surface area (Å²) in [4.78, 5) is 20.6. The highest BCUT2D eigenvalue weighted by Crippen LogP contribution is 2.35. The predicted molar refractivity (Wildman–Crippen MR) is 112 cm³/mol. The highest BCUT2D eigenvalue weighted by atomic mass is 16.2. The Hall–Kier alpha value is -2.89. The van der Waals surface area contributed by atoms with E-state index in [0.29, 0.717) is 5.69 Å². The summed E-state index contributed by atoms with van der Waals surface area (Å²) in [5, 5.41) is 8.04. The first-order valence-corrected chi connectivity index (χ1v) is 10.1. The van der Waals surface area contributed by atoms with E-state index < -0.39 is 0 Å². The molecule has 1 aromatic carbocycles. The first-order valence-electron chi connectivity index (χ1n) is 10.1. The number of benzene rings is 1. The van der Waals surface area contributed by atoms with Crippen LogP contribution in [0.1, 0.15) is 47.3 Å². The van der Waals surface area contributed by atoms with Crippen molar-refractivity contribution in [2.75, 3.05) is 24.5 Å². The van der Waals surface area contributed by atoms with Crippen LogP contribution in [-0.4, -0.2) is 35.4 Å². The Morgan fingerprint density at radius 1 is 1.14 bits per heavy atom. The summed E-state index contributed by atoms with van der Waals surface area (Å²) in [7, 11) is 0. The average molecular weight is 377 g/mol. The largest absolute Gasteiger partial charge is 0.337 e. The molecule has 1 saturated heterocycles. The Labute approximate surface area is 166 Å². The summed E-state index contributed by atoms with van der Waals surface area (Å²) in [6, 6.07) is 8.22. The number of nitrogens with one attached hydrogen (secondary N) is 1. The molecular weight excluding hydrogens is 350 g/mol. The molecule has 0 atom stereocenters. The van der Waals surface area contributed by atoms with Crippen molar-refractivity contribution in [3.05, 3.63) is 53.9 Å². The van der Waals surface area contributed by atoms with Gasteiger partial charge in [0.15, 0.2) is 0 Å². The molecule has 1 N–H and O–H groups in total. The maximum atomic E-state index is 12.9. The van der Waals surface area contributed by atoms with Crippen LogP contribution in [0.15, 0.2) is 47.3 Å². The molecule has 146 valence electrons. The van der Waals surface area contributed by atoms with Crippen molar-refractivity contribution in [2.45, 2.75) is 39.0 Å². The smallest absolute Gasteiger partial charge is 0.270 e. The number of azo groups is 1. The fourth-order valence-corrected chi connectivity index (χ4v) is 4.12. The van der Waals surface area contributed by atoms with Crippen molar-refractivity contribution in [2.24, 2.45) is 10.2 Å². The number of aromatic nitrogens is 1. The molecule has 0 spiro atoms. The molecule has 0 saturated carbocycles. The molecule has 1 amide bonds. The number of carbonyl (C=O) groups is 1. The Balaban J connectivity index is 1.61. The number of hydrogen-bond donors (Lipinski definition) is 1. The predicted octanol–water partition coefficient (Wildman–Crippen LogP) is 5.26. The second-order valence-electron chi connectivity index (χ2n) is 7.53. The summed E-state index contributed by atoms with van der Waals surface area (Å²) in [6.07, 6.45) is 6.93. The lowest BCUT2D eigenvalue weighted by Gasteiger charge is -2.29. The number of hydrogen-bond acceptors (Lipinski definition) is 4. The highest BCUT2D eigenvalue weighted by Gasteiger charge is 2.26. The molecular formula is C22H27N5O. The number of rotatable bonds is 4. The van der Waals surface area contributed by atoms with Gasteiger partial charge in [-0.25, -0.2) is 0 Å². The van der Waals surface area contributed by atoms with Gasteiger partial charge in [-0.05, 0) is 74.4 Å². The lowest BCUT2D eigenvalue weighted by atomic mass is 10.1. The number of H-pyrrole nitrogens is 1. The first kappa shape index (κ1) is 18.5. The molecule has 0 unspecified atom stereocenters. The molecule has 1 aromatic heterocycles. The number of piperidine rings is 1. The lowest BCUT2D eigenvalue weighted by molar-refractivity contribution is 0.0719. The van der Waals surface area contributed by atoms with Crippen LogP contribution in [0.25, 0.3) is 0 Å². The second kappa shape index (κ2) is 8.00. The molecule has 0 radical (unpaired) electrons. The molecule has 6 nitrogen and oxygen atoms in total. The maximum absolute atomic E-state index is 12.9. The summed E-state index contributed by atoms with van der Waals surface area (Å²) >= 11 is 0. The van der Waals surface area contributed by atoms with Gasteiger partial charge in [0.05, 0.1) is 5.69 Å². The number of amides is 1. The Morgan fingerprint density at radius 3 is 2.71 bits per heavy atom. The number of nitrogens with zero attached hydrogens (tertiary/aromatic N) is 4. The van der Waals surface area contributed by atoms with Crippen molar-refractivity contribution in [1.29, 1.82) is 0 Å². The molecule has 2 aliphatic heterocycles. The van der Waals surface area contributed by atoms with E-state index in [9.17, 15) is 4.79 Å². The Morgan fingerprint density at radius 2 is 1.96 bits per heavy atom. The second-order valence-corrected chi connectivity index (χ2v) is 7.53. The molecule has 3 heterocycles. The highest BCUT2D eigenvalue weighted by molar-refractivity contribution is 5.94. The van der Waals surface area contributed by atoms with Crippen molar-refractivity contribution in [1.82, 2.24) is 9.88 Å². The van der Waals surface area contributed by atoms with Gasteiger partial charge in [-0.1, -0.05) is 6.58 Å². The summed E-state index contributed by atoms with van der Waals surface area (Å²) in [5.41, 5.74) is 4.95. The zero-order valence-corrected chi connectivity index (χ0v) is 16.4. The van der Waals surface area contributed by atoms with Crippen molar-refractivity contribution >= 4 is 23.1 Å². The standard InChI is InChI=1S/C22H27N5O/c1-3-23-25-19-10-9-18(14-16(19)2)27-13-7-8-17-15-20(24-21(17)27)22(28)26-11-5-4-6-12-26/h3,9-10,14-15,24H,1,4-8,11-13H2,2H3/b25-23-. The molecule has 6 heteroatoms. The van der Waals surface area contributed by atoms with Crippen molar-refractivity contribution in [3.63, 3.8) is 0 Å². The third-order valence-corrected chi connectivity index (χ3v) is 5.59. The SMILES string of the molecule is C=C/N=N\c1ccc(N2CCCc3cc(C(=O)N4CCCCC4)[nH]c32)cc1C. The first-order chi connectivity index (χ1) is 13.7. The maximum Gasteiger partial charge on any atom is 0.270 e. The van der Waals surface area contributed by atoms with Crippen LogP contribution in [0.3, 0.4) is 0 Å². The van der Waals surface area contributed by atoms with Crippen molar-refractivity contribution in [3.8, 4) is 0 Å². The molecule has 1 fully saturated rings. The summed E-state index contributed by atoms with van der Waals surface area (Å²) in [6.45, 7) is 8.26. The van der Waals surface area contributed by atoms with E-state index in [1.54, 1.807) is 0 Å². The third-order valence-electron chi connectivity index (χ3n) is 5.59. The van der Waals surface area contributed by atoms with Gasteiger partial charge >= 0.3 is 0 Å². The van der Waals surface area contributed by atoms with E-state index in [1.165, 1.54) is 18.2 Å². The molecule has 2 aliphatic rings. The number of likely N-dealkylation sites (tertiary alicyclic amines) is 1. The van der Waals surface area contributed by atoms with Gasteiger partial charge in [-0.3, -0.25) is 4.79 Å². The van der Waals surface area contributed by atoms with E-state index in [4.69, 9.17) is 0 Å². The van der Waals surface area contributed by atoms with Crippen LogP contribution in [0, 0.1) is 6.92 Å². The summed E-state index contributed by atoms with van der Waals surface area (Å²) < 4.78 is 0. The van der Waals surface area contributed by atoms with Gasteiger partial charge in [0.25, 0.3) is 5.91 Å². The van der Waals surface area contributed by atoms with Gasteiger partial charge in [-0.15, -0.1) is 0 Å². The van der Waals surface area contributed by atoms with Gasteiger partial charge in [0.1, 0.15) is 11.5 Å². The zero-order valence-electron chi connectivity index (χ0n) is 16.4. The molecule has 2 aromatic rings. The topological polar surface area (TPSA) is 64.1 Å². The number of carbonyl (C=O) groups excluding carboxylic acids is 1. The normalized spacial score (nSPS) is 17.0. The quantitative estimate of drug-likeness (QED) is 0.739. The molecule has 4 rings (SSSR count). The minimum atomic E-state index is 0.130. The van der Waals surface area contributed by atoms with Crippen LogP contribution in [0.2, 0.25) is 0 Å². The number of anilines is 2. The van der Waals surface area contributed by atoms with Crippen LogP contribution in [-0.2, 0) is 6.42 Å². The Kier molecular flexibility index (Phi) is 5.28. The average Bonchev–Trinajstić information content (AvgIpc) is 3.17. The monoisotopic (exact) mass is 377 g/mol. The summed E-state index contributed by atoms with van der Waals surface area (Å²) in [5.74, 6) is 1.18. The molecule has 0 aliphatic carbocycles. The molecule has 28 heavy (non-hydrogen) atoms. The van der Waals surface area contributed by atoms with Gasteiger partial charge in [0, 0.05) is 31.5 Å². The number of aromatic amines is 1. The fourth-order valence-electron chi connectivity index (χ4n) is 4.12. The van der Waals surface area contributed by atoms with Crippen LogP contribution >= 0.6 is 0 Å². The van der Waals surface area contributed by atoms with E-state index >= 15 is 0 Å². The van der Waals surface area contributed by atoms with Gasteiger partial charge < -0.3 is 14.8 Å². The van der Waals surface area contributed by atoms with E-state index in [-0.39, 0.29) is 5.91 Å². The van der Waals surface area contributed by atoms with Crippen LogP contribution in [0.4, 0.5) is 17.2 Å². The minimum Gasteiger partial charge on any atom is -0.337 e.